The number of aryl methyl sites for hydroxylation is 1. The fourth-order valence-electron chi connectivity index (χ4n) is 2.27. The van der Waals surface area contributed by atoms with Crippen LogP contribution in [0.25, 0.3) is 11.0 Å². The number of hydrogen-bond donors (Lipinski definition) is 0. The Morgan fingerprint density at radius 2 is 1.96 bits per heavy atom. The van der Waals surface area contributed by atoms with Gasteiger partial charge >= 0.3 is 11.6 Å². The summed E-state index contributed by atoms with van der Waals surface area (Å²) in [5.74, 6) is -0.468. The van der Waals surface area contributed by atoms with Gasteiger partial charge in [-0.1, -0.05) is 6.07 Å². The van der Waals surface area contributed by atoms with E-state index in [0.29, 0.717) is 16.5 Å². The molecule has 120 valence electrons. The molecule has 0 aliphatic rings. The molecule has 2 aromatic carbocycles. The molecule has 0 aliphatic heterocycles. The highest BCUT2D eigenvalue weighted by molar-refractivity contribution is 5.92. The standard InChI is InChI=1S/C17H11NO6/c1-10-7-16(19)24-15-6-5-13(9-14(10)15)23-17(20)11-3-2-4-12(8-11)18(21)22/h2-9H,1H3. The third-order valence-electron chi connectivity index (χ3n) is 3.42. The maximum atomic E-state index is 12.1. The molecule has 0 unspecified atom stereocenters. The highest BCUT2D eigenvalue weighted by Gasteiger charge is 2.14. The van der Waals surface area contributed by atoms with Crippen LogP contribution >= 0.6 is 0 Å². The zero-order valence-corrected chi connectivity index (χ0v) is 12.5. The third-order valence-corrected chi connectivity index (χ3v) is 3.42. The minimum atomic E-state index is -0.715. The largest absolute Gasteiger partial charge is 0.423 e. The number of rotatable bonds is 3. The normalized spacial score (nSPS) is 10.5. The number of nitrogens with zero attached hydrogens (tertiary/aromatic N) is 1. The van der Waals surface area contributed by atoms with Crippen molar-refractivity contribution < 1.29 is 18.9 Å². The quantitative estimate of drug-likeness (QED) is 0.241. The minimum Gasteiger partial charge on any atom is -0.423 e. The summed E-state index contributed by atoms with van der Waals surface area (Å²) in [4.78, 5) is 33.7. The predicted octanol–water partition coefficient (Wildman–Crippen LogP) is 3.23. The number of non-ortho nitro benzene ring substituents is 1. The number of carbonyl (C=O) groups is 1. The number of hydrogen-bond acceptors (Lipinski definition) is 6. The number of esters is 1. The zero-order valence-electron chi connectivity index (χ0n) is 12.5. The topological polar surface area (TPSA) is 99.7 Å². The fourth-order valence-corrected chi connectivity index (χ4v) is 2.27. The Morgan fingerprint density at radius 1 is 1.17 bits per heavy atom. The summed E-state index contributed by atoms with van der Waals surface area (Å²) in [5.41, 5.74) is 0.493. The van der Waals surface area contributed by atoms with Gasteiger partial charge in [0.1, 0.15) is 11.3 Å². The van der Waals surface area contributed by atoms with E-state index >= 15 is 0 Å². The maximum absolute atomic E-state index is 12.1. The molecule has 0 spiro atoms. The summed E-state index contributed by atoms with van der Waals surface area (Å²) in [7, 11) is 0. The zero-order chi connectivity index (χ0) is 17.3. The molecular formula is C17H11NO6. The van der Waals surface area contributed by atoms with Crippen LogP contribution in [0.1, 0.15) is 15.9 Å². The van der Waals surface area contributed by atoms with E-state index < -0.39 is 16.5 Å². The summed E-state index contributed by atoms with van der Waals surface area (Å²) in [6.45, 7) is 1.74. The summed E-state index contributed by atoms with van der Waals surface area (Å²) in [5, 5.41) is 11.4. The van der Waals surface area contributed by atoms with E-state index in [2.05, 4.69) is 0 Å². The van der Waals surface area contributed by atoms with Crippen molar-refractivity contribution in [3.8, 4) is 5.75 Å². The smallest absolute Gasteiger partial charge is 0.343 e. The van der Waals surface area contributed by atoms with Gasteiger partial charge in [-0.15, -0.1) is 0 Å². The molecule has 3 rings (SSSR count). The number of nitro groups is 1. The number of fused-ring (bicyclic) bond motifs is 1. The van der Waals surface area contributed by atoms with E-state index in [0.717, 1.165) is 6.07 Å². The van der Waals surface area contributed by atoms with Crippen LogP contribution in [-0.2, 0) is 0 Å². The molecule has 0 N–H and O–H groups in total. The van der Waals surface area contributed by atoms with Gasteiger partial charge in [0.15, 0.2) is 0 Å². The first kappa shape index (κ1) is 15.4. The second-order valence-electron chi connectivity index (χ2n) is 5.10. The van der Waals surface area contributed by atoms with Crippen LogP contribution in [0.15, 0.2) is 57.7 Å². The van der Waals surface area contributed by atoms with Gasteiger partial charge in [0.05, 0.1) is 10.5 Å². The Balaban J connectivity index is 1.92. The van der Waals surface area contributed by atoms with E-state index in [1.165, 1.54) is 36.4 Å². The average molecular weight is 325 g/mol. The molecule has 24 heavy (non-hydrogen) atoms. The van der Waals surface area contributed by atoms with Crippen molar-refractivity contribution >= 4 is 22.6 Å². The molecule has 7 heteroatoms. The summed E-state index contributed by atoms with van der Waals surface area (Å²) < 4.78 is 10.3. The SMILES string of the molecule is Cc1cc(=O)oc2ccc(OC(=O)c3cccc([N+](=O)[O-])c3)cc12. The van der Waals surface area contributed by atoms with Crippen molar-refractivity contribution in [2.75, 3.05) is 0 Å². The predicted molar refractivity (Wildman–Crippen MR) is 85.3 cm³/mol. The average Bonchev–Trinajstić information content (AvgIpc) is 2.55. The molecule has 0 saturated carbocycles. The summed E-state index contributed by atoms with van der Waals surface area (Å²) in [6, 6.07) is 11.2. The van der Waals surface area contributed by atoms with Gasteiger partial charge in [-0.25, -0.2) is 9.59 Å². The van der Waals surface area contributed by atoms with Gasteiger partial charge in [-0.05, 0) is 36.8 Å². The van der Waals surface area contributed by atoms with Crippen LogP contribution in [0.2, 0.25) is 0 Å². The van der Waals surface area contributed by atoms with E-state index in [1.807, 2.05) is 0 Å². The lowest BCUT2D eigenvalue weighted by molar-refractivity contribution is -0.384. The van der Waals surface area contributed by atoms with Crippen molar-refractivity contribution in [2.24, 2.45) is 0 Å². The number of carbonyl (C=O) groups excluding carboxylic acids is 1. The van der Waals surface area contributed by atoms with E-state index in [4.69, 9.17) is 9.15 Å². The number of ether oxygens (including phenoxy) is 1. The summed E-state index contributed by atoms with van der Waals surface area (Å²) >= 11 is 0. The van der Waals surface area contributed by atoms with Crippen molar-refractivity contribution in [1.82, 2.24) is 0 Å². The molecule has 1 heterocycles. The van der Waals surface area contributed by atoms with Gasteiger partial charge < -0.3 is 9.15 Å². The van der Waals surface area contributed by atoms with Crippen LogP contribution < -0.4 is 10.4 Å². The second-order valence-corrected chi connectivity index (χ2v) is 5.10. The van der Waals surface area contributed by atoms with Crippen LogP contribution in [0, 0.1) is 17.0 Å². The molecule has 0 bridgehead atoms. The Hall–Kier alpha value is -3.48. The fraction of sp³-hybridized carbons (Fsp3) is 0.0588. The maximum Gasteiger partial charge on any atom is 0.343 e. The Labute approximate surface area is 135 Å². The second kappa shape index (κ2) is 5.96. The van der Waals surface area contributed by atoms with Gasteiger partial charge in [0, 0.05) is 23.6 Å². The Morgan fingerprint density at radius 3 is 2.71 bits per heavy atom. The molecule has 0 amide bonds. The lowest BCUT2D eigenvalue weighted by Crippen LogP contribution is -2.09. The first-order valence-corrected chi connectivity index (χ1v) is 6.95. The molecule has 0 fully saturated rings. The highest BCUT2D eigenvalue weighted by Crippen LogP contribution is 2.23. The molecule has 7 nitrogen and oxygen atoms in total. The van der Waals surface area contributed by atoms with E-state index in [1.54, 1.807) is 13.0 Å². The molecule has 3 aromatic rings. The van der Waals surface area contributed by atoms with Gasteiger partial charge in [-0.2, -0.15) is 0 Å². The first-order valence-electron chi connectivity index (χ1n) is 6.95. The molecule has 1 aromatic heterocycles. The molecule has 0 aliphatic carbocycles. The van der Waals surface area contributed by atoms with Crippen molar-refractivity contribution in [1.29, 1.82) is 0 Å². The molecule has 0 saturated heterocycles. The van der Waals surface area contributed by atoms with Crippen LogP contribution in [0.5, 0.6) is 5.75 Å². The van der Waals surface area contributed by atoms with Gasteiger partial charge in [0.2, 0.25) is 0 Å². The first-order chi connectivity index (χ1) is 11.4. The van der Waals surface area contributed by atoms with Crippen LogP contribution in [0.4, 0.5) is 5.69 Å². The summed E-state index contributed by atoms with van der Waals surface area (Å²) in [6.07, 6.45) is 0. The Kier molecular flexibility index (Phi) is 3.83. The van der Waals surface area contributed by atoms with Gasteiger partial charge in [-0.3, -0.25) is 10.1 Å². The third kappa shape index (κ3) is 3.00. The van der Waals surface area contributed by atoms with Gasteiger partial charge in [0.25, 0.3) is 5.69 Å². The van der Waals surface area contributed by atoms with E-state index in [9.17, 15) is 19.7 Å². The molecular weight excluding hydrogens is 314 g/mol. The number of nitro benzene ring substituents is 1. The minimum absolute atomic E-state index is 0.0700. The molecule has 0 radical (unpaired) electrons. The number of benzene rings is 2. The highest BCUT2D eigenvalue weighted by atomic mass is 16.6. The van der Waals surface area contributed by atoms with Crippen molar-refractivity contribution in [3.05, 3.63) is 80.2 Å². The monoisotopic (exact) mass is 325 g/mol. The van der Waals surface area contributed by atoms with Crippen LogP contribution in [0.3, 0.4) is 0 Å². The van der Waals surface area contributed by atoms with Crippen LogP contribution in [-0.4, -0.2) is 10.9 Å². The lowest BCUT2D eigenvalue weighted by Gasteiger charge is -2.06. The Bertz CT molecular complexity index is 1020. The van der Waals surface area contributed by atoms with Crippen molar-refractivity contribution in [2.45, 2.75) is 6.92 Å². The van der Waals surface area contributed by atoms with Crippen molar-refractivity contribution in [3.63, 3.8) is 0 Å². The lowest BCUT2D eigenvalue weighted by atomic mass is 10.1. The molecule has 0 atom stereocenters. The van der Waals surface area contributed by atoms with E-state index in [-0.39, 0.29) is 17.0 Å².